The Hall–Kier alpha value is -0.930. The zero-order valence-electron chi connectivity index (χ0n) is 13.6. The van der Waals surface area contributed by atoms with Crippen LogP contribution in [0.25, 0.3) is 0 Å². The molecule has 12 nitrogen and oxygen atoms in total. The number of ether oxygens (including phenoxy) is 1. The number of hydrogen-bond donors (Lipinski definition) is 10. The zero-order chi connectivity index (χ0) is 19.7. The van der Waals surface area contributed by atoms with Gasteiger partial charge in [0, 0.05) is 6.92 Å². The zero-order valence-corrected chi connectivity index (χ0v) is 13.6. The van der Waals surface area contributed by atoms with Gasteiger partial charge in [0.15, 0.2) is 6.29 Å². The van der Waals surface area contributed by atoms with Crippen molar-refractivity contribution in [2.75, 3.05) is 19.8 Å². The summed E-state index contributed by atoms with van der Waals surface area (Å²) >= 11 is 0. The Labute approximate surface area is 143 Å². The topological polar surface area (TPSA) is 220 Å². The number of hydrogen-bond acceptors (Lipinski definition) is 11. The first-order valence-electron chi connectivity index (χ1n) is 7.44. The molecule has 0 aromatic carbocycles. The minimum absolute atomic E-state index is 0.462. The number of amides is 1. The fourth-order valence-corrected chi connectivity index (χ4v) is 1.96. The predicted molar refractivity (Wildman–Crippen MR) is 79.8 cm³/mol. The molecular weight excluding hydrogens is 346 g/mol. The molecule has 1 heterocycles. The number of carbonyl (C=O) groups excluding carboxylic acids is 1. The maximum Gasteiger partial charge on any atom is 0.217 e. The van der Waals surface area contributed by atoms with Crippen LogP contribution in [0.5, 0.6) is 0 Å². The van der Waals surface area contributed by atoms with Gasteiger partial charge in [-0.2, -0.15) is 0 Å². The van der Waals surface area contributed by atoms with E-state index < -0.39 is 74.7 Å². The molecular formula is C13H27NO11. The molecule has 1 aliphatic rings. The summed E-state index contributed by atoms with van der Waals surface area (Å²) in [6.07, 6.45) is -9.53. The lowest BCUT2D eigenvalue weighted by molar-refractivity contribution is -0.253. The summed E-state index contributed by atoms with van der Waals surface area (Å²) in [7, 11) is 0. The average molecular weight is 373 g/mol. The number of nitrogens with one attached hydrogen (secondary N) is 1. The Morgan fingerprint density at radius 1 is 1.00 bits per heavy atom. The molecule has 10 N–H and O–H groups in total. The Bertz CT molecular complexity index is 375. The maximum absolute atomic E-state index is 10.7. The minimum Gasteiger partial charge on any atom is -0.394 e. The van der Waals surface area contributed by atoms with E-state index in [-0.39, 0.29) is 0 Å². The van der Waals surface area contributed by atoms with Crippen molar-refractivity contribution in [2.24, 2.45) is 0 Å². The van der Waals surface area contributed by atoms with Gasteiger partial charge in [-0.05, 0) is 0 Å². The molecule has 1 aliphatic heterocycles. The van der Waals surface area contributed by atoms with E-state index in [1.807, 2.05) is 0 Å². The molecule has 1 saturated heterocycles. The molecule has 0 aromatic heterocycles. The van der Waals surface area contributed by atoms with Crippen LogP contribution in [0.4, 0.5) is 0 Å². The van der Waals surface area contributed by atoms with Gasteiger partial charge in [0.2, 0.25) is 5.91 Å². The minimum atomic E-state index is -1.49. The van der Waals surface area contributed by atoms with Gasteiger partial charge in [-0.25, -0.2) is 0 Å². The third-order valence-electron chi connectivity index (χ3n) is 3.43. The first-order valence-corrected chi connectivity index (χ1v) is 7.44. The second-order valence-electron chi connectivity index (χ2n) is 5.45. The van der Waals surface area contributed by atoms with E-state index in [1.54, 1.807) is 0 Å². The monoisotopic (exact) mass is 373 g/mol. The van der Waals surface area contributed by atoms with Gasteiger partial charge in [-0.1, -0.05) is 0 Å². The molecule has 1 unspecified atom stereocenters. The van der Waals surface area contributed by atoms with E-state index >= 15 is 0 Å². The van der Waals surface area contributed by atoms with E-state index in [1.165, 1.54) is 6.92 Å². The SMILES string of the molecule is CC(=O)N[C@@H]1[C@@H](O)[C@H](O)[C@@H](CO)O[C@@H]1O.OC[C@@H](O)C(O)[C@@H](O)CO. The smallest absolute Gasteiger partial charge is 0.217 e. The molecule has 0 aliphatic carbocycles. The van der Waals surface area contributed by atoms with Gasteiger partial charge in [0.05, 0.1) is 19.8 Å². The van der Waals surface area contributed by atoms with Crippen LogP contribution in [-0.4, -0.2) is 121 Å². The second kappa shape index (κ2) is 11.6. The summed E-state index contributed by atoms with van der Waals surface area (Å²) in [5.74, 6) is -0.462. The van der Waals surface area contributed by atoms with Crippen LogP contribution in [0.1, 0.15) is 6.92 Å². The highest BCUT2D eigenvalue weighted by Crippen LogP contribution is 2.19. The summed E-state index contributed by atoms with van der Waals surface area (Å²) in [6.45, 7) is -0.595. The summed E-state index contributed by atoms with van der Waals surface area (Å²) in [5, 5.41) is 82.0. The third-order valence-corrected chi connectivity index (χ3v) is 3.43. The Balaban J connectivity index is 0.000000504. The van der Waals surface area contributed by atoms with Gasteiger partial charge in [0.25, 0.3) is 0 Å². The molecule has 1 rings (SSSR count). The van der Waals surface area contributed by atoms with Crippen LogP contribution in [0, 0.1) is 0 Å². The van der Waals surface area contributed by atoms with Crippen molar-refractivity contribution in [1.82, 2.24) is 5.32 Å². The first-order chi connectivity index (χ1) is 11.6. The molecule has 25 heavy (non-hydrogen) atoms. The van der Waals surface area contributed by atoms with E-state index in [9.17, 15) is 20.1 Å². The van der Waals surface area contributed by atoms with Gasteiger partial charge in [-0.3, -0.25) is 4.79 Å². The summed E-state index contributed by atoms with van der Waals surface area (Å²) in [4.78, 5) is 10.7. The molecule has 0 bridgehead atoms. The molecule has 0 aromatic rings. The summed E-state index contributed by atoms with van der Waals surface area (Å²) in [5.41, 5.74) is 0. The normalized spacial score (nSPS) is 32.8. The average Bonchev–Trinajstić information content (AvgIpc) is 2.59. The lowest BCUT2D eigenvalue weighted by atomic mass is 9.97. The van der Waals surface area contributed by atoms with Crippen molar-refractivity contribution in [2.45, 2.75) is 55.9 Å². The van der Waals surface area contributed by atoms with E-state index in [4.69, 9.17) is 35.4 Å². The van der Waals surface area contributed by atoms with Crippen molar-refractivity contribution in [1.29, 1.82) is 0 Å². The van der Waals surface area contributed by atoms with Gasteiger partial charge in [-0.15, -0.1) is 0 Å². The lowest BCUT2D eigenvalue weighted by Gasteiger charge is -2.40. The predicted octanol–water partition coefficient (Wildman–Crippen LogP) is -6.02. The standard InChI is InChI=1S/C8H15NO6.C5H12O5/c1-3(11)9-5-7(13)6(12)4(2-10)15-8(5)14;6-1-3(8)5(10)4(9)2-7/h4-8,10,12-14H,2H2,1H3,(H,9,11);3-10H,1-2H2/t4-,5-,6-,7-,8+;3-,4+,5?/m1./s1. The Morgan fingerprint density at radius 2 is 1.48 bits per heavy atom. The number of carbonyl (C=O) groups is 1. The fourth-order valence-electron chi connectivity index (χ4n) is 1.96. The van der Waals surface area contributed by atoms with Crippen molar-refractivity contribution >= 4 is 5.91 Å². The number of aliphatic hydroxyl groups is 9. The van der Waals surface area contributed by atoms with E-state index in [2.05, 4.69) is 5.32 Å². The van der Waals surface area contributed by atoms with Crippen molar-refractivity contribution < 1.29 is 55.5 Å². The van der Waals surface area contributed by atoms with Crippen LogP contribution in [0.2, 0.25) is 0 Å². The van der Waals surface area contributed by atoms with Crippen LogP contribution < -0.4 is 5.32 Å². The molecule has 8 atom stereocenters. The largest absolute Gasteiger partial charge is 0.394 e. The highest BCUT2D eigenvalue weighted by molar-refractivity contribution is 5.73. The summed E-state index contributed by atoms with van der Waals surface area (Å²) in [6, 6.07) is -1.10. The van der Waals surface area contributed by atoms with Crippen molar-refractivity contribution in [3.05, 3.63) is 0 Å². The van der Waals surface area contributed by atoms with Crippen molar-refractivity contribution in [3.63, 3.8) is 0 Å². The molecule has 150 valence electrons. The third kappa shape index (κ3) is 7.45. The molecule has 1 amide bonds. The van der Waals surface area contributed by atoms with Crippen LogP contribution in [-0.2, 0) is 9.53 Å². The van der Waals surface area contributed by atoms with Crippen LogP contribution in [0.3, 0.4) is 0 Å². The Kier molecular flexibility index (Phi) is 11.2. The number of aliphatic hydroxyl groups excluding tert-OH is 9. The van der Waals surface area contributed by atoms with Gasteiger partial charge >= 0.3 is 0 Å². The van der Waals surface area contributed by atoms with Gasteiger partial charge in [0.1, 0.15) is 42.7 Å². The molecule has 0 radical (unpaired) electrons. The van der Waals surface area contributed by atoms with E-state index in [0.29, 0.717) is 0 Å². The molecule has 1 fully saturated rings. The van der Waals surface area contributed by atoms with Crippen LogP contribution in [0.15, 0.2) is 0 Å². The molecule has 0 spiro atoms. The fraction of sp³-hybridized carbons (Fsp3) is 0.923. The quantitative estimate of drug-likeness (QED) is 0.211. The molecule has 0 saturated carbocycles. The van der Waals surface area contributed by atoms with Crippen LogP contribution >= 0.6 is 0 Å². The van der Waals surface area contributed by atoms with Crippen molar-refractivity contribution in [3.8, 4) is 0 Å². The highest BCUT2D eigenvalue weighted by atomic mass is 16.6. The highest BCUT2D eigenvalue weighted by Gasteiger charge is 2.43. The molecule has 12 heteroatoms. The second-order valence-corrected chi connectivity index (χ2v) is 5.45. The lowest BCUT2D eigenvalue weighted by Crippen LogP contribution is -2.63. The Morgan fingerprint density at radius 3 is 1.84 bits per heavy atom. The van der Waals surface area contributed by atoms with Gasteiger partial charge < -0.3 is 56.0 Å². The number of rotatable bonds is 6. The maximum atomic E-state index is 10.7. The first kappa shape index (κ1) is 24.1. The van der Waals surface area contributed by atoms with E-state index in [0.717, 1.165) is 0 Å². The summed E-state index contributed by atoms with van der Waals surface area (Å²) < 4.78 is 4.81.